The van der Waals surface area contributed by atoms with Crippen LogP contribution >= 0.6 is 0 Å². The molecule has 0 aromatic heterocycles. The van der Waals surface area contributed by atoms with Gasteiger partial charge >= 0.3 is 0 Å². The zero-order chi connectivity index (χ0) is 15.6. The Hall–Kier alpha value is -1.51. The second-order valence-corrected chi connectivity index (χ2v) is 7.33. The highest BCUT2D eigenvalue weighted by molar-refractivity contribution is 7.88. The van der Waals surface area contributed by atoms with Crippen LogP contribution in [0.25, 0.3) is 0 Å². The molecule has 1 aliphatic rings. The Morgan fingerprint density at radius 1 is 1.33 bits per heavy atom. The molecule has 7 nitrogen and oxygen atoms in total. The van der Waals surface area contributed by atoms with Crippen molar-refractivity contribution < 1.29 is 13.3 Å². The maximum atomic E-state index is 12.5. The van der Waals surface area contributed by atoms with Crippen molar-refractivity contribution in [1.29, 1.82) is 0 Å². The summed E-state index contributed by atoms with van der Waals surface area (Å²) in [4.78, 5) is 10.1. The SMILES string of the molecule is CC1CN(S(=O)(=O)Cc2ccc([N+](=O)[O-])cc2)C(C)CN1. The van der Waals surface area contributed by atoms with Crippen molar-refractivity contribution in [1.82, 2.24) is 9.62 Å². The number of rotatable bonds is 4. The molecule has 116 valence electrons. The molecule has 1 heterocycles. The van der Waals surface area contributed by atoms with Gasteiger partial charge in [-0.25, -0.2) is 8.42 Å². The molecule has 0 radical (unpaired) electrons. The highest BCUT2D eigenvalue weighted by Gasteiger charge is 2.32. The zero-order valence-electron chi connectivity index (χ0n) is 12.0. The van der Waals surface area contributed by atoms with Crippen LogP contribution in [0.5, 0.6) is 0 Å². The summed E-state index contributed by atoms with van der Waals surface area (Å²) in [5, 5.41) is 13.8. The standard InChI is InChI=1S/C13H19N3O4S/c1-10-8-15(11(2)7-14-10)21(19,20)9-12-3-5-13(6-4-12)16(17)18/h3-6,10-11,14H,7-9H2,1-2H3. The number of piperazine rings is 1. The van der Waals surface area contributed by atoms with Crippen molar-refractivity contribution in [2.45, 2.75) is 31.7 Å². The van der Waals surface area contributed by atoms with Crippen molar-refractivity contribution in [3.8, 4) is 0 Å². The third kappa shape index (κ3) is 3.78. The summed E-state index contributed by atoms with van der Waals surface area (Å²) in [6, 6.07) is 5.67. The minimum absolute atomic E-state index is 0.0414. The second kappa shape index (κ2) is 6.08. The van der Waals surface area contributed by atoms with Gasteiger partial charge in [-0.05, 0) is 19.4 Å². The summed E-state index contributed by atoms with van der Waals surface area (Å²) in [5.41, 5.74) is 0.513. The molecule has 1 N–H and O–H groups in total. The summed E-state index contributed by atoms with van der Waals surface area (Å²) in [5.74, 6) is -0.137. The molecule has 1 saturated heterocycles. The third-order valence-corrected chi connectivity index (χ3v) is 5.48. The predicted molar refractivity (Wildman–Crippen MR) is 79.4 cm³/mol. The van der Waals surface area contributed by atoms with E-state index in [-0.39, 0.29) is 23.5 Å². The summed E-state index contributed by atoms with van der Waals surface area (Å²) >= 11 is 0. The molecule has 0 amide bonds. The van der Waals surface area contributed by atoms with Gasteiger partial charge in [-0.1, -0.05) is 12.1 Å². The van der Waals surface area contributed by atoms with Crippen LogP contribution in [0.1, 0.15) is 19.4 Å². The third-order valence-electron chi connectivity index (χ3n) is 3.56. The van der Waals surface area contributed by atoms with E-state index in [1.54, 1.807) is 0 Å². The number of sulfonamides is 1. The summed E-state index contributed by atoms with van der Waals surface area (Å²) in [6.45, 7) is 4.88. The van der Waals surface area contributed by atoms with Gasteiger partial charge in [0.25, 0.3) is 5.69 Å². The number of hydrogen-bond acceptors (Lipinski definition) is 5. The molecule has 1 aromatic carbocycles. The van der Waals surface area contributed by atoms with E-state index in [0.717, 1.165) is 0 Å². The van der Waals surface area contributed by atoms with Crippen LogP contribution in [0.3, 0.4) is 0 Å². The van der Waals surface area contributed by atoms with Gasteiger partial charge < -0.3 is 5.32 Å². The monoisotopic (exact) mass is 313 g/mol. The summed E-state index contributed by atoms with van der Waals surface area (Å²) < 4.78 is 26.5. The molecule has 1 aliphatic heterocycles. The normalized spacial score (nSPS) is 23.9. The molecule has 2 unspecified atom stereocenters. The lowest BCUT2D eigenvalue weighted by Crippen LogP contribution is -2.56. The predicted octanol–water partition coefficient (Wildman–Crippen LogP) is 1.11. The fourth-order valence-electron chi connectivity index (χ4n) is 2.38. The first-order chi connectivity index (χ1) is 9.79. The number of nitro benzene ring substituents is 1. The molecule has 2 atom stereocenters. The maximum Gasteiger partial charge on any atom is 0.269 e. The first-order valence-corrected chi connectivity index (χ1v) is 8.37. The molecule has 1 aromatic rings. The molecule has 1 fully saturated rings. The van der Waals surface area contributed by atoms with Gasteiger partial charge in [0.1, 0.15) is 0 Å². The number of benzene rings is 1. The van der Waals surface area contributed by atoms with Gasteiger partial charge in [0.15, 0.2) is 0 Å². The Labute approximate surface area is 124 Å². The van der Waals surface area contributed by atoms with Crippen LogP contribution in [0.2, 0.25) is 0 Å². The number of hydrogen-bond donors (Lipinski definition) is 1. The van der Waals surface area contributed by atoms with E-state index in [1.165, 1.54) is 28.6 Å². The van der Waals surface area contributed by atoms with Crippen molar-refractivity contribution >= 4 is 15.7 Å². The van der Waals surface area contributed by atoms with Gasteiger partial charge in [0, 0.05) is 37.3 Å². The smallest absolute Gasteiger partial charge is 0.269 e. The molecule has 0 aliphatic carbocycles. The molecule has 21 heavy (non-hydrogen) atoms. The molecule has 0 bridgehead atoms. The van der Waals surface area contributed by atoms with E-state index >= 15 is 0 Å². The van der Waals surface area contributed by atoms with Crippen LogP contribution in [-0.2, 0) is 15.8 Å². The number of nitrogens with zero attached hydrogens (tertiary/aromatic N) is 2. The molecular formula is C13H19N3O4S. The van der Waals surface area contributed by atoms with Crippen molar-refractivity contribution in [2.75, 3.05) is 13.1 Å². The van der Waals surface area contributed by atoms with E-state index in [2.05, 4.69) is 5.32 Å². The highest BCUT2D eigenvalue weighted by Crippen LogP contribution is 2.19. The summed E-state index contributed by atoms with van der Waals surface area (Å²) in [7, 11) is -3.43. The van der Waals surface area contributed by atoms with E-state index in [4.69, 9.17) is 0 Å². The van der Waals surface area contributed by atoms with E-state index in [1.807, 2.05) is 13.8 Å². The van der Waals surface area contributed by atoms with Crippen LogP contribution in [0, 0.1) is 10.1 Å². The second-order valence-electron chi connectivity index (χ2n) is 5.41. The Morgan fingerprint density at radius 3 is 2.52 bits per heavy atom. The first kappa shape index (κ1) is 15.9. The fraction of sp³-hybridized carbons (Fsp3) is 0.538. The lowest BCUT2D eigenvalue weighted by molar-refractivity contribution is -0.384. The molecule has 2 rings (SSSR count). The first-order valence-electron chi connectivity index (χ1n) is 6.76. The number of nitro groups is 1. The van der Waals surface area contributed by atoms with Crippen molar-refractivity contribution in [2.24, 2.45) is 0 Å². The molecule has 0 saturated carbocycles. The largest absolute Gasteiger partial charge is 0.311 e. The lowest BCUT2D eigenvalue weighted by Gasteiger charge is -2.36. The van der Waals surface area contributed by atoms with E-state index < -0.39 is 14.9 Å². The van der Waals surface area contributed by atoms with Gasteiger partial charge in [-0.15, -0.1) is 0 Å². The topological polar surface area (TPSA) is 92.5 Å². The van der Waals surface area contributed by atoms with Crippen LogP contribution < -0.4 is 5.32 Å². The zero-order valence-corrected chi connectivity index (χ0v) is 12.8. The van der Waals surface area contributed by atoms with Gasteiger partial charge in [0.05, 0.1) is 10.7 Å². The van der Waals surface area contributed by atoms with Crippen molar-refractivity contribution in [3.05, 3.63) is 39.9 Å². The average Bonchev–Trinajstić information content (AvgIpc) is 2.41. The number of non-ortho nitro benzene ring substituents is 1. The van der Waals surface area contributed by atoms with Gasteiger partial charge in [-0.3, -0.25) is 10.1 Å². The van der Waals surface area contributed by atoms with Crippen LogP contribution in [0.4, 0.5) is 5.69 Å². The van der Waals surface area contributed by atoms with Crippen LogP contribution in [0.15, 0.2) is 24.3 Å². The Morgan fingerprint density at radius 2 is 1.95 bits per heavy atom. The van der Waals surface area contributed by atoms with Crippen LogP contribution in [-0.4, -0.2) is 42.8 Å². The average molecular weight is 313 g/mol. The fourth-order valence-corrected chi connectivity index (χ4v) is 4.24. The maximum absolute atomic E-state index is 12.5. The van der Waals surface area contributed by atoms with E-state index in [0.29, 0.717) is 18.7 Å². The lowest BCUT2D eigenvalue weighted by atomic mass is 10.2. The quantitative estimate of drug-likeness (QED) is 0.664. The Kier molecular flexibility index (Phi) is 4.60. The van der Waals surface area contributed by atoms with Gasteiger partial charge in [-0.2, -0.15) is 4.31 Å². The van der Waals surface area contributed by atoms with Gasteiger partial charge in [0.2, 0.25) is 10.0 Å². The number of nitrogens with one attached hydrogen (secondary N) is 1. The molecular weight excluding hydrogens is 294 g/mol. The van der Waals surface area contributed by atoms with E-state index in [9.17, 15) is 18.5 Å². The van der Waals surface area contributed by atoms with Crippen molar-refractivity contribution in [3.63, 3.8) is 0 Å². The Balaban J connectivity index is 2.14. The minimum atomic E-state index is -3.43. The molecule has 8 heteroatoms. The summed E-state index contributed by atoms with van der Waals surface area (Å²) in [6.07, 6.45) is 0. The minimum Gasteiger partial charge on any atom is -0.311 e. The molecule has 0 spiro atoms. The Bertz CT molecular complexity index is 615. The highest BCUT2D eigenvalue weighted by atomic mass is 32.2.